The van der Waals surface area contributed by atoms with Crippen LogP contribution in [0.25, 0.3) is 5.69 Å². The first-order chi connectivity index (χ1) is 8.20. The summed E-state index contributed by atoms with van der Waals surface area (Å²) in [6, 6.07) is 9.07. The molecule has 1 aromatic carbocycles. The number of aryl methyl sites for hydroxylation is 1. The van der Waals surface area contributed by atoms with Crippen LogP contribution in [0.3, 0.4) is 0 Å². The SMILES string of the molecule is CC.COc1cccc(-n2[nH]c(=O)cc2C)c1. The summed E-state index contributed by atoms with van der Waals surface area (Å²) in [6.45, 7) is 5.87. The highest BCUT2D eigenvalue weighted by Crippen LogP contribution is 2.16. The van der Waals surface area contributed by atoms with E-state index in [1.807, 2.05) is 45.0 Å². The molecule has 1 heterocycles. The first-order valence-corrected chi connectivity index (χ1v) is 5.64. The van der Waals surface area contributed by atoms with Crippen molar-refractivity contribution in [3.8, 4) is 11.4 Å². The Bertz CT molecular complexity index is 526. The summed E-state index contributed by atoms with van der Waals surface area (Å²) in [5.41, 5.74) is 1.65. The van der Waals surface area contributed by atoms with Crippen molar-refractivity contribution in [3.63, 3.8) is 0 Å². The van der Waals surface area contributed by atoms with Crippen LogP contribution >= 0.6 is 0 Å². The molecular formula is C13H18N2O2. The molecule has 0 aliphatic rings. The van der Waals surface area contributed by atoms with E-state index in [1.54, 1.807) is 17.9 Å². The molecule has 0 atom stereocenters. The van der Waals surface area contributed by atoms with E-state index in [4.69, 9.17) is 4.74 Å². The Balaban J connectivity index is 0.000000686. The molecular weight excluding hydrogens is 216 g/mol. The highest BCUT2D eigenvalue weighted by atomic mass is 16.5. The first-order valence-electron chi connectivity index (χ1n) is 5.64. The van der Waals surface area contributed by atoms with Crippen molar-refractivity contribution in [3.05, 3.63) is 46.4 Å². The van der Waals surface area contributed by atoms with Crippen LogP contribution in [0, 0.1) is 6.92 Å². The summed E-state index contributed by atoms with van der Waals surface area (Å²) >= 11 is 0. The van der Waals surface area contributed by atoms with E-state index < -0.39 is 0 Å². The Morgan fingerprint density at radius 1 is 1.24 bits per heavy atom. The molecule has 4 heteroatoms. The zero-order valence-corrected chi connectivity index (χ0v) is 10.7. The third-order valence-electron chi connectivity index (χ3n) is 2.23. The average molecular weight is 234 g/mol. The largest absolute Gasteiger partial charge is 0.497 e. The Labute approximate surface area is 101 Å². The van der Waals surface area contributed by atoms with Crippen LogP contribution in [-0.2, 0) is 0 Å². The van der Waals surface area contributed by atoms with Gasteiger partial charge in [-0.3, -0.25) is 14.6 Å². The third-order valence-corrected chi connectivity index (χ3v) is 2.23. The molecule has 0 radical (unpaired) electrons. The van der Waals surface area contributed by atoms with Crippen LogP contribution in [0.2, 0.25) is 0 Å². The number of hydrogen-bond acceptors (Lipinski definition) is 2. The molecule has 1 N–H and O–H groups in total. The summed E-state index contributed by atoms with van der Waals surface area (Å²) in [5, 5.41) is 2.72. The molecule has 0 unspecified atom stereocenters. The van der Waals surface area contributed by atoms with Gasteiger partial charge in [0.05, 0.1) is 12.8 Å². The second kappa shape index (κ2) is 5.94. The number of rotatable bonds is 2. The second-order valence-corrected chi connectivity index (χ2v) is 3.30. The molecule has 4 nitrogen and oxygen atoms in total. The van der Waals surface area contributed by atoms with Crippen molar-refractivity contribution in [2.75, 3.05) is 7.11 Å². The second-order valence-electron chi connectivity index (χ2n) is 3.30. The zero-order valence-electron chi connectivity index (χ0n) is 10.7. The molecule has 0 spiro atoms. The number of aromatic nitrogens is 2. The van der Waals surface area contributed by atoms with Gasteiger partial charge in [0.1, 0.15) is 5.75 Å². The first kappa shape index (κ1) is 13.1. The lowest BCUT2D eigenvalue weighted by atomic mass is 10.3. The Morgan fingerprint density at radius 2 is 1.94 bits per heavy atom. The lowest BCUT2D eigenvalue weighted by Gasteiger charge is -2.06. The Hall–Kier alpha value is -1.97. The molecule has 2 aromatic rings. The fourth-order valence-corrected chi connectivity index (χ4v) is 1.50. The van der Waals surface area contributed by atoms with Gasteiger partial charge >= 0.3 is 0 Å². The Kier molecular flexibility index (Phi) is 4.57. The summed E-state index contributed by atoms with van der Waals surface area (Å²) in [7, 11) is 1.62. The topological polar surface area (TPSA) is 47.0 Å². The van der Waals surface area contributed by atoms with E-state index in [-0.39, 0.29) is 5.56 Å². The number of nitrogens with zero attached hydrogens (tertiary/aromatic N) is 1. The summed E-state index contributed by atoms with van der Waals surface area (Å²) in [6.07, 6.45) is 0. The Morgan fingerprint density at radius 3 is 2.47 bits per heavy atom. The minimum Gasteiger partial charge on any atom is -0.497 e. The van der Waals surface area contributed by atoms with E-state index in [0.717, 1.165) is 17.1 Å². The standard InChI is InChI=1S/C11H12N2O2.C2H6/c1-8-6-11(14)12-13(8)9-4-3-5-10(7-9)15-2;1-2/h3-7H,1-2H3,(H,12,14);1-2H3. The van der Waals surface area contributed by atoms with Crippen LogP contribution < -0.4 is 10.3 Å². The van der Waals surface area contributed by atoms with Gasteiger partial charge < -0.3 is 4.74 Å². The predicted octanol–water partition coefficient (Wildman–Crippen LogP) is 2.51. The van der Waals surface area contributed by atoms with Crippen LogP contribution in [0.5, 0.6) is 5.75 Å². The van der Waals surface area contributed by atoms with E-state index >= 15 is 0 Å². The van der Waals surface area contributed by atoms with Gasteiger partial charge in [0.15, 0.2) is 0 Å². The fraction of sp³-hybridized carbons (Fsp3) is 0.308. The van der Waals surface area contributed by atoms with Gasteiger partial charge in [-0.25, -0.2) is 0 Å². The van der Waals surface area contributed by atoms with E-state index in [9.17, 15) is 4.79 Å². The molecule has 0 fully saturated rings. The number of H-pyrrole nitrogens is 1. The number of benzene rings is 1. The number of nitrogens with one attached hydrogen (secondary N) is 1. The van der Waals surface area contributed by atoms with Gasteiger partial charge in [-0.2, -0.15) is 0 Å². The van der Waals surface area contributed by atoms with Crippen molar-refractivity contribution in [1.29, 1.82) is 0 Å². The zero-order chi connectivity index (χ0) is 12.8. The van der Waals surface area contributed by atoms with E-state index in [0.29, 0.717) is 0 Å². The summed E-state index contributed by atoms with van der Waals surface area (Å²) in [4.78, 5) is 11.1. The monoisotopic (exact) mass is 234 g/mol. The molecule has 1 aromatic heterocycles. The van der Waals surface area contributed by atoms with Gasteiger partial charge in [-0.15, -0.1) is 0 Å². The predicted molar refractivity (Wildman–Crippen MR) is 69.0 cm³/mol. The maximum absolute atomic E-state index is 11.1. The van der Waals surface area contributed by atoms with Crippen molar-refractivity contribution in [2.45, 2.75) is 20.8 Å². The van der Waals surface area contributed by atoms with Crippen LogP contribution in [0.15, 0.2) is 35.1 Å². The number of methoxy groups -OCH3 is 1. The van der Waals surface area contributed by atoms with E-state index in [1.165, 1.54) is 0 Å². The lowest BCUT2D eigenvalue weighted by Crippen LogP contribution is -2.04. The highest BCUT2D eigenvalue weighted by molar-refractivity contribution is 5.39. The van der Waals surface area contributed by atoms with Gasteiger partial charge in [0.25, 0.3) is 5.56 Å². The average Bonchev–Trinajstić information content (AvgIpc) is 2.71. The van der Waals surface area contributed by atoms with Crippen molar-refractivity contribution >= 4 is 0 Å². The quantitative estimate of drug-likeness (QED) is 0.867. The lowest BCUT2D eigenvalue weighted by molar-refractivity contribution is 0.414. The molecule has 0 saturated carbocycles. The van der Waals surface area contributed by atoms with Crippen LogP contribution in [0.1, 0.15) is 19.5 Å². The van der Waals surface area contributed by atoms with Gasteiger partial charge in [0, 0.05) is 17.8 Å². The van der Waals surface area contributed by atoms with Crippen molar-refractivity contribution in [2.24, 2.45) is 0 Å². The molecule has 2 rings (SSSR count). The number of hydrogen-bond donors (Lipinski definition) is 1. The van der Waals surface area contributed by atoms with Gasteiger partial charge in [-0.1, -0.05) is 19.9 Å². The third kappa shape index (κ3) is 3.00. The molecule has 0 aliphatic heterocycles. The van der Waals surface area contributed by atoms with E-state index in [2.05, 4.69) is 5.10 Å². The molecule has 0 saturated heterocycles. The van der Waals surface area contributed by atoms with Crippen LogP contribution in [-0.4, -0.2) is 16.9 Å². The summed E-state index contributed by atoms with van der Waals surface area (Å²) in [5.74, 6) is 0.765. The van der Waals surface area contributed by atoms with Gasteiger partial charge in [-0.05, 0) is 19.1 Å². The maximum atomic E-state index is 11.1. The van der Waals surface area contributed by atoms with Crippen molar-refractivity contribution < 1.29 is 4.74 Å². The van der Waals surface area contributed by atoms with Gasteiger partial charge in [0.2, 0.25) is 0 Å². The molecule has 0 aliphatic carbocycles. The fourth-order valence-electron chi connectivity index (χ4n) is 1.50. The minimum atomic E-state index is -0.102. The summed E-state index contributed by atoms with van der Waals surface area (Å²) < 4.78 is 6.84. The molecule has 0 bridgehead atoms. The molecule has 17 heavy (non-hydrogen) atoms. The van der Waals surface area contributed by atoms with Crippen molar-refractivity contribution in [1.82, 2.24) is 9.78 Å². The highest BCUT2D eigenvalue weighted by Gasteiger charge is 2.02. The van der Waals surface area contributed by atoms with Crippen LogP contribution in [0.4, 0.5) is 0 Å². The maximum Gasteiger partial charge on any atom is 0.264 e. The molecule has 0 amide bonds. The molecule has 92 valence electrons. The smallest absolute Gasteiger partial charge is 0.264 e. The number of ether oxygens (including phenoxy) is 1. The minimum absolute atomic E-state index is 0.102. The number of aromatic amines is 1. The normalized spacial score (nSPS) is 9.41.